The van der Waals surface area contributed by atoms with Crippen molar-refractivity contribution in [3.05, 3.63) is 24.4 Å². The highest BCUT2D eigenvalue weighted by Gasteiger charge is 2.07. The Kier molecular flexibility index (Phi) is 6.50. The summed E-state index contributed by atoms with van der Waals surface area (Å²) in [5, 5.41) is 5.27. The summed E-state index contributed by atoms with van der Waals surface area (Å²) in [6.07, 6.45) is 4.26. The molecule has 0 radical (unpaired) electrons. The van der Waals surface area contributed by atoms with Gasteiger partial charge in [-0.25, -0.2) is 4.98 Å². The molecule has 0 saturated carbocycles. The average Bonchev–Trinajstić information content (AvgIpc) is 2.31. The summed E-state index contributed by atoms with van der Waals surface area (Å²) in [5.74, 6) is 0. The number of pyridine rings is 1. The van der Waals surface area contributed by atoms with Gasteiger partial charge in [-0.05, 0) is 25.0 Å². The van der Waals surface area contributed by atoms with Gasteiger partial charge in [0.2, 0.25) is 0 Å². The zero-order chi connectivity index (χ0) is 11.8. The minimum absolute atomic E-state index is 0.565. The predicted molar refractivity (Wildman–Crippen MR) is 71.9 cm³/mol. The summed E-state index contributed by atoms with van der Waals surface area (Å²) < 4.78 is 0. The molecule has 0 aliphatic heterocycles. The van der Waals surface area contributed by atoms with Gasteiger partial charge in [0.15, 0.2) is 0 Å². The van der Waals surface area contributed by atoms with Gasteiger partial charge in [-0.3, -0.25) is 0 Å². The number of hydrogen-bond donors (Lipinski definition) is 1. The first-order valence-electron chi connectivity index (χ1n) is 6.07. The first-order chi connectivity index (χ1) is 7.76. The molecule has 0 bridgehead atoms. The Morgan fingerprint density at radius 1 is 1.31 bits per heavy atom. The fourth-order valence-electron chi connectivity index (χ4n) is 1.57. The molecule has 90 valence electrons. The van der Waals surface area contributed by atoms with E-state index in [1.165, 1.54) is 12.8 Å². The topological polar surface area (TPSA) is 24.9 Å². The van der Waals surface area contributed by atoms with Crippen LogP contribution in [0.3, 0.4) is 0 Å². The Bertz CT molecular complexity index is 273. The van der Waals surface area contributed by atoms with Gasteiger partial charge in [0.1, 0.15) is 0 Å². The van der Waals surface area contributed by atoms with Crippen LogP contribution in [-0.4, -0.2) is 22.8 Å². The van der Waals surface area contributed by atoms with Crippen LogP contribution >= 0.6 is 11.8 Å². The minimum Gasteiger partial charge on any atom is -0.313 e. The van der Waals surface area contributed by atoms with Crippen LogP contribution in [0.1, 0.15) is 33.6 Å². The number of thioether (sulfide) groups is 1. The van der Waals surface area contributed by atoms with Crippen molar-refractivity contribution in [3.8, 4) is 0 Å². The highest BCUT2D eigenvalue weighted by Crippen LogP contribution is 2.19. The number of nitrogens with one attached hydrogen (secondary N) is 1. The van der Waals surface area contributed by atoms with Crippen LogP contribution in [-0.2, 0) is 0 Å². The van der Waals surface area contributed by atoms with E-state index in [0.717, 1.165) is 11.6 Å². The van der Waals surface area contributed by atoms with E-state index in [-0.39, 0.29) is 0 Å². The van der Waals surface area contributed by atoms with Gasteiger partial charge in [-0.1, -0.05) is 26.8 Å². The number of rotatable bonds is 7. The zero-order valence-corrected chi connectivity index (χ0v) is 11.3. The van der Waals surface area contributed by atoms with Crippen LogP contribution in [0.4, 0.5) is 0 Å². The standard InChI is InChI=1S/C13H22N2S/c1-4-12(5-2)15-10-11(3)16-13-8-6-7-9-14-13/h6-9,11-12,15H,4-5,10H2,1-3H3. The number of aromatic nitrogens is 1. The lowest BCUT2D eigenvalue weighted by Crippen LogP contribution is -2.32. The van der Waals surface area contributed by atoms with Gasteiger partial charge < -0.3 is 5.32 Å². The normalized spacial score (nSPS) is 13.0. The molecule has 1 heterocycles. The molecule has 1 aromatic heterocycles. The predicted octanol–water partition coefficient (Wildman–Crippen LogP) is 3.34. The van der Waals surface area contributed by atoms with Crippen molar-refractivity contribution in [3.63, 3.8) is 0 Å². The molecule has 0 fully saturated rings. The molecule has 2 nitrogen and oxygen atoms in total. The van der Waals surface area contributed by atoms with Gasteiger partial charge in [-0.2, -0.15) is 0 Å². The fraction of sp³-hybridized carbons (Fsp3) is 0.615. The Morgan fingerprint density at radius 3 is 2.62 bits per heavy atom. The average molecular weight is 238 g/mol. The maximum atomic E-state index is 4.32. The van der Waals surface area contributed by atoms with Crippen molar-refractivity contribution >= 4 is 11.8 Å². The van der Waals surface area contributed by atoms with Crippen molar-refractivity contribution in [1.29, 1.82) is 0 Å². The Balaban J connectivity index is 2.28. The van der Waals surface area contributed by atoms with Crippen LogP contribution in [0.25, 0.3) is 0 Å². The van der Waals surface area contributed by atoms with Gasteiger partial charge in [-0.15, -0.1) is 11.8 Å². The molecule has 0 amide bonds. The lowest BCUT2D eigenvalue weighted by Gasteiger charge is -2.18. The molecule has 3 heteroatoms. The molecule has 1 unspecified atom stereocenters. The first kappa shape index (κ1) is 13.5. The molecule has 1 N–H and O–H groups in total. The molecular formula is C13H22N2S. The molecule has 0 aliphatic carbocycles. The maximum Gasteiger partial charge on any atom is 0.0962 e. The fourth-order valence-corrected chi connectivity index (χ4v) is 2.45. The molecule has 0 aliphatic rings. The molecule has 0 spiro atoms. The number of hydrogen-bond acceptors (Lipinski definition) is 3. The molecular weight excluding hydrogens is 216 g/mol. The Hall–Kier alpha value is -0.540. The third-order valence-corrected chi connectivity index (χ3v) is 3.69. The first-order valence-corrected chi connectivity index (χ1v) is 6.95. The maximum absolute atomic E-state index is 4.32. The second-order valence-electron chi connectivity index (χ2n) is 4.02. The molecule has 1 atom stereocenters. The van der Waals surface area contributed by atoms with Crippen molar-refractivity contribution in [2.75, 3.05) is 6.54 Å². The minimum atomic E-state index is 0.565. The third-order valence-electron chi connectivity index (χ3n) is 2.64. The molecule has 1 aromatic rings. The molecule has 16 heavy (non-hydrogen) atoms. The van der Waals surface area contributed by atoms with Crippen molar-refractivity contribution in [2.24, 2.45) is 0 Å². The lowest BCUT2D eigenvalue weighted by atomic mass is 10.2. The quantitative estimate of drug-likeness (QED) is 0.737. The van der Waals surface area contributed by atoms with E-state index in [4.69, 9.17) is 0 Å². The Labute approximate surface area is 103 Å². The highest BCUT2D eigenvalue weighted by molar-refractivity contribution is 7.99. The van der Waals surface area contributed by atoms with Crippen molar-refractivity contribution in [1.82, 2.24) is 10.3 Å². The third kappa shape index (κ3) is 4.99. The van der Waals surface area contributed by atoms with Crippen LogP contribution in [0.2, 0.25) is 0 Å². The summed E-state index contributed by atoms with van der Waals surface area (Å²) in [6, 6.07) is 6.72. The van der Waals surface area contributed by atoms with Gasteiger partial charge in [0.25, 0.3) is 0 Å². The highest BCUT2D eigenvalue weighted by atomic mass is 32.2. The number of nitrogens with zero attached hydrogens (tertiary/aromatic N) is 1. The monoisotopic (exact) mass is 238 g/mol. The van der Waals surface area contributed by atoms with E-state index in [2.05, 4.69) is 37.1 Å². The van der Waals surface area contributed by atoms with Gasteiger partial charge in [0.05, 0.1) is 5.03 Å². The second kappa shape index (κ2) is 7.69. The van der Waals surface area contributed by atoms with E-state index < -0.39 is 0 Å². The van der Waals surface area contributed by atoms with E-state index in [1.807, 2.05) is 30.1 Å². The summed E-state index contributed by atoms with van der Waals surface area (Å²) in [7, 11) is 0. The van der Waals surface area contributed by atoms with Crippen molar-refractivity contribution < 1.29 is 0 Å². The van der Waals surface area contributed by atoms with Crippen molar-refractivity contribution in [2.45, 2.75) is 49.9 Å². The van der Waals surface area contributed by atoms with E-state index in [1.54, 1.807) is 0 Å². The van der Waals surface area contributed by atoms with Gasteiger partial charge >= 0.3 is 0 Å². The summed E-state index contributed by atoms with van der Waals surface area (Å²) in [4.78, 5) is 4.32. The van der Waals surface area contributed by atoms with E-state index >= 15 is 0 Å². The summed E-state index contributed by atoms with van der Waals surface area (Å²) >= 11 is 1.83. The summed E-state index contributed by atoms with van der Waals surface area (Å²) in [6.45, 7) is 7.76. The van der Waals surface area contributed by atoms with Crippen LogP contribution in [0.5, 0.6) is 0 Å². The van der Waals surface area contributed by atoms with Crippen LogP contribution in [0, 0.1) is 0 Å². The van der Waals surface area contributed by atoms with E-state index in [9.17, 15) is 0 Å². The zero-order valence-electron chi connectivity index (χ0n) is 10.4. The Morgan fingerprint density at radius 2 is 2.06 bits per heavy atom. The van der Waals surface area contributed by atoms with Crippen LogP contribution in [0.15, 0.2) is 29.4 Å². The van der Waals surface area contributed by atoms with Gasteiger partial charge in [0, 0.05) is 24.0 Å². The molecule has 1 rings (SSSR count). The molecule has 0 aromatic carbocycles. The SMILES string of the molecule is CCC(CC)NCC(C)Sc1ccccn1. The largest absolute Gasteiger partial charge is 0.313 e. The second-order valence-corrected chi connectivity index (χ2v) is 5.48. The van der Waals surface area contributed by atoms with E-state index in [0.29, 0.717) is 11.3 Å². The lowest BCUT2D eigenvalue weighted by molar-refractivity contribution is 0.488. The smallest absolute Gasteiger partial charge is 0.0962 e. The molecule has 0 saturated heterocycles. The summed E-state index contributed by atoms with van der Waals surface area (Å²) in [5.41, 5.74) is 0. The van der Waals surface area contributed by atoms with Crippen LogP contribution < -0.4 is 5.32 Å².